The van der Waals surface area contributed by atoms with Gasteiger partial charge in [0.2, 0.25) is 5.91 Å². The molecule has 0 spiro atoms. The molecule has 0 unspecified atom stereocenters. The van der Waals surface area contributed by atoms with Crippen molar-refractivity contribution in [2.24, 2.45) is 0 Å². The van der Waals surface area contributed by atoms with Gasteiger partial charge in [-0.1, -0.05) is 29.8 Å². The van der Waals surface area contributed by atoms with E-state index in [1.807, 2.05) is 84.3 Å². The molecule has 1 saturated heterocycles. The summed E-state index contributed by atoms with van der Waals surface area (Å²) >= 11 is 0. The maximum Gasteiger partial charge on any atom is 0.227 e. The standard InChI is InChI=1S/C28H29N3O4/c1-19-7-11-24(12-8-19)35-18-22(32)17-31-26-6-4-3-5-25(26)29-28(31)20-15-27(33)30(16-20)21-9-13-23(34-2)14-10-21/h3-14,20,22,32H,15-18H2,1-2H3/t20-,22-/m1/s1. The number of aryl methyl sites for hydroxylation is 1. The summed E-state index contributed by atoms with van der Waals surface area (Å²) in [4.78, 5) is 19.6. The molecule has 1 aliphatic heterocycles. The van der Waals surface area contributed by atoms with Crippen molar-refractivity contribution in [2.45, 2.75) is 31.9 Å². The summed E-state index contributed by atoms with van der Waals surface area (Å²) in [6.07, 6.45) is -0.367. The normalized spacial score (nSPS) is 16.6. The van der Waals surface area contributed by atoms with Gasteiger partial charge in [-0.25, -0.2) is 4.98 Å². The summed E-state index contributed by atoms with van der Waals surface area (Å²) in [6.45, 7) is 3.05. The maximum atomic E-state index is 12.9. The number of ether oxygens (including phenoxy) is 2. The Balaban J connectivity index is 1.36. The third kappa shape index (κ3) is 4.86. The quantitative estimate of drug-likeness (QED) is 0.414. The van der Waals surface area contributed by atoms with Gasteiger partial charge in [0.05, 0.1) is 24.7 Å². The number of benzene rings is 3. The van der Waals surface area contributed by atoms with Crippen molar-refractivity contribution >= 4 is 22.6 Å². The van der Waals surface area contributed by atoms with Crippen LogP contribution in [0.2, 0.25) is 0 Å². The number of aliphatic hydroxyl groups excluding tert-OH is 1. The van der Waals surface area contributed by atoms with Crippen LogP contribution in [0.5, 0.6) is 11.5 Å². The number of aliphatic hydroxyl groups is 1. The zero-order valence-electron chi connectivity index (χ0n) is 19.9. The number of nitrogens with zero attached hydrogens (tertiary/aromatic N) is 3. The first-order valence-corrected chi connectivity index (χ1v) is 11.8. The van der Waals surface area contributed by atoms with Crippen LogP contribution in [-0.4, -0.2) is 46.9 Å². The van der Waals surface area contributed by atoms with Crippen LogP contribution in [0.1, 0.15) is 23.7 Å². The fourth-order valence-corrected chi connectivity index (χ4v) is 4.58. The highest BCUT2D eigenvalue weighted by Crippen LogP contribution is 2.34. The van der Waals surface area contributed by atoms with Crippen molar-refractivity contribution in [3.63, 3.8) is 0 Å². The summed E-state index contributed by atoms with van der Waals surface area (Å²) in [6, 6.07) is 23.1. The fraction of sp³-hybridized carbons (Fsp3) is 0.286. The number of fused-ring (bicyclic) bond motifs is 1. The van der Waals surface area contributed by atoms with Gasteiger partial charge in [0, 0.05) is 24.6 Å². The van der Waals surface area contributed by atoms with Gasteiger partial charge < -0.3 is 24.0 Å². The van der Waals surface area contributed by atoms with Gasteiger partial charge in [-0.3, -0.25) is 4.79 Å². The number of rotatable bonds is 8. The van der Waals surface area contributed by atoms with E-state index in [9.17, 15) is 9.90 Å². The second kappa shape index (κ2) is 9.80. The minimum atomic E-state index is -0.734. The summed E-state index contributed by atoms with van der Waals surface area (Å²) < 4.78 is 13.1. The molecular weight excluding hydrogens is 442 g/mol. The van der Waals surface area contributed by atoms with Crippen LogP contribution in [0.25, 0.3) is 11.0 Å². The predicted molar refractivity (Wildman–Crippen MR) is 135 cm³/mol. The predicted octanol–water partition coefficient (Wildman–Crippen LogP) is 4.31. The van der Waals surface area contributed by atoms with Crippen molar-refractivity contribution in [1.82, 2.24) is 9.55 Å². The molecule has 4 aromatic rings. The number of imidazole rings is 1. The Bertz CT molecular complexity index is 1310. The molecule has 3 aromatic carbocycles. The van der Waals surface area contributed by atoms with Crippen molar-refractivity contribution in [1.29, 1.82) is 0 Å². The largest absolute Gasteiger partial charge is 0.497 e. The van der Waals surface area contributed by atoms with E-state index in [4.69, 9.17) is 14.5 Å². The van der Waals surface area contributed by atoms with Crippen LogP contribution in [0.3, 0.4) is 0 Å². The number of aromatic nitrogens is 2. The van der Waals surface area contributed by atoms with Gasteiger partial charge in [0.15, 0.2) is 0 Å². The molecule has 1 aliphatic rings. The van der Waals surface area contributed by atoms with Gasteiger partial charge in [0.1, 0.15) is 30.0 Å². The second-order valence-electron chi connectivity index (χ2n) is 8.95. The lowest BCUT2D eigenvalue weighted by Gasteiger charge is -2.19. The van der Waals surface area contributed by atoms with E-state index in [1.54, 1.807) is 12.0 Å². The van der Waals surface area contributed by atoms with Crippen molar-refractivity contribution < 1.29 is 19.4 Å². The van der Waals surface area contributed by atoms with Crippen LogP contribution in [0.15, 0.2) is 72.8 Å². The molecular formula is C28H29N3O4. The topological polar surface area (TPSA) is 76.8 Å². The summed E-state index contributed by atoms with van der Waals surface area (Å²) in [5.74, 6) is 2.26. The number of anilines is 1. The number of carbonyl (C=O) groups excluding carboxylic acids is 1. The highest BCUT2D eigenvalue weighted by atomic mass is 16.5. The average molecular weight is 472 g/mol. The number of methoxy groups -OCH3 is 1. The first kappa shape index (κ1) is 22.9. The number of amides is 1. The lowest BCUT2D eigenvalue weighted by Crippen LogP contribution is -2.26. The molecule has 0 aliphatic carbocycles. The molecule has 0 radical (unpaired) electrons. The van der Waals surface area contributed by atoms with E-state index >= 15 is 0 Å². The van der Waals surface area contributed by atoms with Crippen LogP contribution in [-0.2, 0) is 11.3 Å². The Hall–Kier alpha value is -3.84. The number of carbonyl (C=O) groups is 1. The lowest BCUT2D eigenvalue weighted by molar-refractivity contribution is -0.117. The van der Waals surface area contributed by atoms with E-state index < -0.39 is 6.10 Å². The van der Waals surface area contributed by atoms with Crippen LogP contribution >= 0.6 is 0 Å². The van der Waals surface area contributed by atoms with Crippen molar-refractivity contribution in [3.05, 3.63) is 84.2 Å². The first-order valence-electron chi connectivity index (χ1n) is 11.8. The van der Waals surface area contributed by atoms with Gasteiger partial charge >= 0.3 is 0 Å². The second-order valence-corrected chi connectivity index (χ2v) is 8.95. The highest BCUT2D eigenvalue weighted by Gasteiger charge is 2.35. The van der Waals surface area contributed by atoms with Crippen molar-refractivity contribution in [3.8, 4) is 11.5 Å². The average Bonchev–Trinajstić information content (AvgIpc) is 3.44. The third-order valence-electron chi connectivity index (χ3n) is 6.42. The molecule has 1 N–H and O–H groups in total. The van der Waals surface area contributed by atoms with Gasteiger partial charge in [0.25, 0.3) is 0 Å². The lowest BCUT2D eigenvalue weighted by atomic mass is 10.1. The minimum absolute atomic E-state index is 0.0574. The smallest absolute Gasteiger partial charge is 0.227 e. The van der Waals surface area contributed by atoms with E-state index in [0.29, 0.717) is 19.5 Å². The molecule has 1 fully saturated rings. The summed E-state index contributed by atoms with van der Waals surface area (Å²) in [5.41, 5.74) is 3.78. The van der Waals surface area contributed by atoms with E-state index in [1.165, 1.54) is 0 Å². The van der Waals surface area contributed by atoms with E-state index in [2.05, 4.69) is 0 Å². The SMILES string of the molecule is COc1ccc(N2C[C@H](c3nc4ccccc4n3C[C@@H](O)COc3ccc(C)cc3)CC2=O)cc1. The maximum absolute atomic E-state index is 12.9. The van der Waals surface area contributed by atoms with Crippen molar-refractivity contribution in [2.75, 3.05) is 25.2 Å². The first-order chi connectivity index (χ1) is 17.0. The van der Waals surface area contributed by atoms with Gasteiger partial charge in [-0.05, 0) is 55.5 Å². The van der Waals surface area contributed by atoms with Crippen LogP contribution < -0.4 is 14.4 Å². The van der Waals surface area contributed by atoms with Gasteiger partial charge in [-0.15, -0.1) is 0 Å². The highest BCUT2D eigenvalue weighted by molar-refractivity contribution is 5.96. The molecule has 2 heterocycles. The van der Waals surface area contributed by atoms with Crippen LogP contribution in [0, 0.1) is 6.92 Å². The Kier molecular flexibility index (Phi) is 6.42. The molecule has 7 nitrogen and oxygen atoms in total. The molecule has 1 aromatic heterocycles. The molecule has 0 bridgehead atoms. The minimum Gasteiger partial charge on any atom is -0.497 e. The molecule has 0 saturated carbocycles. The number of hydrogen-bond donors (Lipinski definition) is 1. The Labute approximate surface area is 204 Å². The molecule has 5 rings (SSSR count). The molecule has 180 valence electrons. The Morgan fingerprint density at radius 3 is 2.49 bits per heavy atom. The molecule has 2 atom stereocenters. The monoisotopic (exact) mass is 471 g/mol. The van der Waals surface area contributed by atoms with E-state index in [0.717, 1.165) is 39.6 Å². The van der Waals surface area contributed by atoms with Crippen LogP contribution in [0.4, 0.5) is 5.69 Å². The number of hydrogen-bond acceptors (Lipinski definition) is 5. The zero-order valence-corrected chi connectivity index (χ0v) is 19.9. The van der Waals surface area contributed by atoms with Gasteiger partial charge in [-0.2, -0.15) is 0 Å². The zero-order chi connectivity index (χ0) is 24.4. The third-order valence-corrected chi connectivity index (χ3v) is 6.42. The Morgan fingerprint density at radius 1 is 1.03 bits per heavy atom. The number of para-hydroxylation sites is 2. The summed E-state index contributed by atoms with van der Waals surface area (Å²) in [7, 11) is 1.62. The summed E-state index contributed by atoms with van der Waals surface area (Å²) in [5, 5.41) is 10.8. The Morgan fingerprint density at radius 2 is 1.74 bits per heavy atom. The fourth-order valence-electron chi connectivity index (χ4n) is 4.58. The van der Waals surface area contributed by atoms with E-state index in [-0.39, 0.29) is 18.4 Å². The molecule has 1 amide bonds. The molecule has 35 heavy (non-hydrogen) atoms. The molecule has 7 heteroatoms.